The van der Waals surface area contributed by atoms with Crippen molar-refractivity contribution in [3.63, 3.8) is 0 Å². The van der Waals surface area contributed by atoms with Crippen LogP contribution in [0.25, 0.3) is 0 Å². The lowest BCUT2D eigenvalue weighted by molar-refractivity contribution is 0.0949. The Hall–Kier alpha value is -1.27. The minimum absolute atomic E-state index is 0.0845. The zero-order valence-corrected chi connectivity index (χ0v) is 13.4. The number of nitrogens with one attached hydrogen (secondary N) is 2. The van der Waals surface area contributed by atoms with Crippen LogP contribution < -0.4 is 16.6 Å². The Morgan fingerprint density at radius 1 is 1.40 bits per heavy atom. The fourth-order valence-electron chi connectivity index (χ4n) is 1.77. The molecule has 4 N–H and O–H groups in total. The van der Waals surface area contributed by atoms with Gasteiger partial charge in [-0.05, 0) is 36.0 Å². The van der Waals surface area contributed by atoms with Crippen LogP contribution in [0, 0.1) is 5.92 Å². The number of thioether (sulfide) groups is 1. The van der Waals surface area contributed by atoms with Crippen molar-refractivity contribution < 1.29 is 4.79 Å². The van der Waals surface area contributed by atoms with Gasteiger partial charge in [-0.1, -0.05) is 20.8 Å². The molecule has 1 atom stereocenters. The Bertz CT molecular complexity index is 451. The molecule has 0 aliphatic carbocycles. The number of hydrogen-bond donors (Lipinski definition) is 3. The van der Waals surface area contributed by atoms with Crippen molar-refractivity contribution in [2.45, 2.75) is 26.7 Å². The highest BCUT2D eigenvalue weighted by atomic mass is 32.2. The SMILES string of the molecule is CSCC(C)CNC(=O)c1cc(NN)nc(C(C)C)c1. The molecule has 0 spiro atoms. The zero-order chi connectivity index (χ0) is 15.1. The summed E-state index contributed by atoms with van der Waals surface area (Å²) >= 11 is 1.78. The monoisotopic (exact) mass is 296 g/mol. The molecule has 20 heavy (non-hydrogen) atoms. The van der Waals surface area contributed by atoms with Gasteiger partial charge in [-0.3, -0.25) is 4.79 Å². The molecule has 1 rings (SSSR count). The fraction of sp³-hybridized carbons (Fsp3) is 0.571. The highest BCUT2D eigenvalue weighted by Crippen LogP contribution is 2.17. The van der Waals surface area contributed by atoms with Crippen molar-refractivity contribution in [2.24, 2.45) is 11.8 Å². The van der Waals surface area contributed by atoms with Gasteiger partial charge in [0.25, 0.3) is 5.91 Å². The summed E-state index contributed by atoms with van der Waals surface area (Å²) in [6, 6.07) is 3.49. The number of nitrogen functional groups attached to an aromatic ring is 1. The van der Waals surface area contributed by atoms with E-state index in [-0.39, 0.29) is 11.8 Å². The smallest absolute Gasteiger partial charge is 0.251 e. The summed E-state index contributed by atoms with van der Waals surface area (Å²) < 4.78 is 0. The highest BCUT2D eigenvalue weighted by molar-refractivity contribution is 7.98. The van der Waals surface area contributed by atoms with E-state index in [9.17, 15) is 4.79 Å². The van der Waals surface area contributed by atoms with Crippen LogP contribution in [0.2, 0.25) is 0 Å². The summed E-state index contributed by atoms with van der Waals surface area (Å²) in [5.41, 5.74) is 3.95. The third kappa shape index (κ3) is 5.02. The van der Waals surface area contributed by atoms with E-state index in [0.717, 1.165) is 11.4 Å². The number of nitrogens with zero attached hydrogens (tertiary/aromatic N) is 1. The van der Waals surface area contributed by atoms with Gasteiger partial charge in [0, 0.05) is 17.8 Å². The van der Waals surface area contributed by atoms with Crippen molar-refractivity contribution in [3.8, 4) is 0 Å². The van der Waals surface area contributed by atoms with Gasteiger partial charge in [-0.2, -0.15) is 11.8 Å². The van der Waals surface area contributed by atoms with Crippen molar-refractivity contribution in [1.82, 2.24) is 10.3 Å². The Morgan fingerprint density at radius 3 is 2.65 bits per heavy atom. The molecule has 1 aromatic heterocycles. The van der Waals surface area contributed by atoms with Gasteiger partial charge in [0.2, 0.25) is 0 Å². The lowest BCUT2D eigenvalue weighted by atomic mass is 10.1. The molecule has 0 fully saturated rings. The van der Waals surface area contributed by atoms with Crippen LogP contribution >= 0.6 is 11.8 Å². The number of carbonyl (C=O) groups excluding carboxylic acids is 1. The van der Waals surface area contributed by atoms with Crippen LogP contribution in [0.4, 0.5) is 5.82 Å². The Balaban J connectivity index is 2.79. The molecular formula is C14H24N4OS. The summed E-state index contributed by atoms with van der Waals surface area (Å²) in [5, 5.41) is 2.95. The molecule has 0 bridgehead atoms. The average Bonchev–Trinajstić information content (AvgIpc) is 2.44. The van der Waals surface area contributed by atoms with Crippen LogP contribution in [0.15, 0.2) is 12.1 Å². The Labute approximate surface area is 125 Å². The maximum absolute atomic E-state index is 12.2. The predicted molar refractivity (Wildman–Crippen MR) is 86.0 cm³/mol. The van der Waals surface area contributed by atoms with Crippen molar-refractivity contribution in [3.05, 3.63) is 23.4 Å². The van der Waals surface area contributed by atoms with Crippen molar-refractivity contribution in [1.29, 1.82) is 0 Å². The molecule has 0 saturated carbocycles. The quantitative estimate of drug-likeness (QED) is 0.531. The van der Waals surface area contributed by atoms with Gasteiger partial charge < -0.3 is 10.7 Å². The number of hydrogen-bond acceptors (Lipinski definition) is 5. The van der Waals surface area contributed by atoms with Gasteiger partial charge >= 0.3 is 0 Å². The molecular weight excluding hydrogens is 272 g/mol. The van der Waals surface area contributed by atoms with Gasteiger partial charge in [0.05, 0.1) is 0 Å². The first-order valence-corrected chi connectivity index (χ1v) is 8.13. The number of carbonyl (C=O) groups is 1. The lowest BCUT2D eigenvalue weighted by Gasteiger charge is -2.13. The lowest BCUT2D eigenvalue weighted by Crippen LogP contribution is -2.29. The second kappa shape index (κ2) is 8.11. The standard InChI is InChI=1S/C14H24N4OS/c1-9(2)12-5-11(6-13(17-12)18-15)14(19)16-7-10(3)8-20-4/h5-6,9-10H,7-8,15H2,1-4H3,(H,16,19)(H,17,18). The van der Waals surface area contributed by atoms with Crippen molar-refractivity contribution >= 4 is 23.5 Å². The zero-order valence-electron chi connectivity index (χ0n) is 12.6. The third-order valence-corrected chi connectivity index (χ3v) is 3.81. The van der Waals surface area contributed by atoms with E-state index < -0.39 is 0 Å². The summed E-state index contributed by atoms with van der Waals surface area (Å²) in [7, 11) is 0. The molecule has 1 heterocycles. The maximum atomic E-state index is 12.2. The van der Waals surface area contributed by atoms with E-state index in [2.05, 4.69) is 28.9 Å². The normalized spacial score (nSPS) is 12.3. The summed E-state index contributed by atoms with van der Waals surface area (Å²) in [6.45, 7) is 6.86. The van der Waals surface area contributed by atoms with Gasteiger partial charge in [-0.25, -0.2) is 10.8 Å². The fourth-order valence-corrected chi connectivity index (χ4v) is 2.45. The second-order valence-electron chi connectivity index (χ2n) is 5.24. The number of pyridine rings is 1. The van der Waals surface area contributed by atoms with Crippen LogP contribution in [0.1, 0.15) is 42.7 Å². The number of aromatic nitrogens is 1. The van der Waals surface area contributed by atoms with E-state index in [1.165, 1.54) is 0 Å². The van der Waals surface area contributed by atoms with E-state index in [4.69, 9.17) is 5.84 Å². The number of rotatable bonds is 7. The molecule has 0 aliphatic rings. The second-order valence-corrected chi connectivity index (χ2v) is 6.15. The molecule has 0 saturated heterocycles. The van der Waals surface area contributed by atoms with Gasteiger partial charge in [0.1, 0.15) is 5.82 Å². The Morgan fingerprint density at radius 2 is 2.10 bits per heavy atom. The molecule has 1 amide bonds. The molecule has 112 valence electrons. The van der Waals surface area contributed by atoms with E-state index >= 15 is 0 Å². The molecule has 1 aromatic rings. The summed E-state index contributed by atoms with van der Waals surface area (Å²) in [4.78, 5) is 16.5. The average molecular weight is 296 g/mol. The molecule has 0 aromatic carbocycles. The van der Waals surface area contributed by atoms with Crippen molar-refractivity contribution in [2.75, 3.05) is 24.0 Å². The number of nitrogens with two attached hydrogens (primary N) is 1. The van der Waals surface area contributed by atoms with E-state index in [1.54, 1.807) is 17.8 Å². The van der Waals surface area contributed by atoms with Gasteiger partial charge in [-0.15, -0.1) is 0 Å². The molecule has 0 radical (unpaired) electrons. The van der Waals surface area contributed by atoms with Gasteiger partial charge in [0.15, 0.2) is 0 Å². The van der Waals surface area contributed by atoms with E-state index in [0.29, 0.717) is 23.8 Å². The summed E-state index contributed by atoms with van der Waals surface area (Å²) in [6.07, 6.45) is 2.06. The Kier molecular flexibility index (Phi) is 6.81. The largest absolute Gasteiger partial charge is 0.352 e. The van der Waals surface area contributed by atoms with Crippen LogP contribution in [-0.4, -0.2) is 29.4 Å². The van der Waals surface area contributed by atoms with Crippen LogP contribution in [0.5, 0.6) is 0 Å². The summed E-state index contributed by atoms with van der Waals surface area (Å²) in [5.74, 6) is 7.55. The highest BCUT2D eigenvalue weighted by Gasteiger charge is 2.12. The first kappa shape index (κ1) is 16.8. The predicted octanol–water partition coefficient (Wildman–Crippen LogP) is 2.22. The molecule has 6 heteroatoms. The third-order valence-electron chi connectivity index (χ3n) is 2.91. The molecule has 1 unspecified atom stereocenters. The topological polar surface area (TPSA) is 80.0 Å². The first-order chi connectivity index (χ1) is 9.47. The first-order valence-electron chi connectivity index (χ1n) is 6.73. The number of anilines is 1. The molecule has 0 aliphatic heterocycles. The minimum Gasteiger partial charge on any atom is -0.352 e. The number of amides is 1. The van der Waals surface area contributed by atoms with E-state index in [1.807, 2.05) is 19.9 Å². The molecule has 5 nitrogen and oxygen atoms in total. The van der Waals surface area contributed by atoms with Crippen LogP contribution in [-0.2, 0) is 0 Å². The minimum atomic E-state index is -0.0845. The number of hydrazine groups is 1. The van der Waals surface area contributed by atoms with Crippen LogP contribution in [0.3, 0.4) is 0 Å². The maximum Gasteiger partial charge on any atom is 0.251 e.